The molecule has 0 saturated heterocycles. The molecule has 4 saturated carbocycles. The fraction of sp³-hybridized carbons (Fsp3) is 0.844. The number of rotatable bonds is 1. The first-order valence-corrected chi connectivity index (χ1v) is 14.4. The second-order valence-corrected chi connectivity index (χ2v) is 15.2. The Balaban J connectivity index is 1.58. The Bertz CT molecular complexity index is 1070. The fourth-order valence-corrected chi connectivity index (χ4v) is 10.9. The van der Waals surface area contributed by atoms with E-state index in [1.807, 2.05) is 0 Å². The molecule has 0 radical (unpaired) electrons. The number of esters is 1. The first-order chi connectivity index (χ1) is 16.6. The van der Waals surface area contributed by atoms with Gasteiger partial charge in [-0.25, -0.2) is 0 Å². The highest BCUT2D eigenvalue weighted by molar-refractivity contribution is 5.89. The molecule has 36 heavy (non-hydrogen) atoms. The maximum Gasteiger partial charge on any atom is 0.311 e. The highest BCUT2D eigenvalue weighted by Gasteiger charge is 2.69. The van der Waals surface area contributed by atoms with E-state index in [9.17, 15) is 14.9 Å². The maximum absolute atomic E-state index is 13.3. The van der Waals surface area contributed by atoms with Gasteiger partial charge in [0.1, 0.15) is 5.92 Å². The van der Waals surface area contributed by atoms with Gasteiger partial charge in [-0.1, -0.05) is 53.2 Å². The highest BCUT2D eigenvalue weighted by Crippen LogP contribution is 2.75. The van der Waals surface area contributed by atoms with Crippen LogP contribution < -0.4 is 0 Å². The third-order valence-corrected chi connectivity index (χ3v) is 13.4. The molecule has 4 fully saturated rings. The predicted molar refractivity (Wildman–Crippen MR) is 141 cm³/mol. The molecule has 1 unspecified atom stereocenters. The number of nitrogens with zero attached hydrogens (tertiary/aromatic N) is 1. The number of fused-ring (bicyclic) bond motifs is 7. The molecule has 0 heterocycles. The standard InChI is InChI=1S/C32H47NO3/c1-27(2)23-11-12-32(7)24(30(23,5)17-20(19-33)25(27)34)10-9-21-22-18-29(4,26(35)36-8)14-13-28(22,3)15-16-31(21,32)6/h9,20,22-24H,10-18H2,1-8H3/t20?,22-,23-,24+,28+,29-,30-,31+,32+/m0/s1. The van der Waals surface area contributed by atoms with Crippen LogP contribution in [0.3, 0.4) is 0 Å². The number of carbonyl (C=O) groups is 2. The van der Waals surface area contributed by atoms with E-state index in [1.54, 1.807) is 5.57 Å². The number of hydrogen-bond donors (Lipinski definition) is 0. The van der Waals surface area contributed by atoms with Gasteiger partial charge in [0, 0.05) is 5.41 Å². The van der Waals surface area contributed by atoms with Crippen molar-refractivity contribution < 1.29 is 14.3 Å². The van der Waals surface area contributed by atoms with Crippen LogP contribution >= 0.6 is 0 Å². The summed E-state index contributed by atoms with van der Waals surface area (Å²) in [6.45, 7) is 16.3. The number of nitriles is 1. The van der Waals surface area contributed by atoms with Crippen LogP contribution in [0.5, 0.6) is 0 Å². The van der Waals surface area contributed by atoms with Gasteiger partial charge < -0.3 is 4.74 Å². The molecule has 4 nitrogen and oxygen atoms in total. The van der Waals surface area contributed by atoms with Gasteiger partial charge >= 0.3 is 5.97 Å². The SMILES string of the molecule is COC(=O)[C@@]1(C)CC[C@]2(C)CC[C@]3(C)C(=CC[C@@H]4[C@@]5(C)CC(C#N)C(=O)C(C)(C)[C@@H]5CC[C@]43C)[C@@H]2C1. The van der Waals surface area contributed by atoms with Crippen molar-refractivity contribution in [3.8, 4) is 6.07 Å². The van der Waals surface area contributed by atoms with E-state index >= 15 is 0 Å². The number of methoxy groups -OCH3 is 1. The van der Waals surface area contributed by atoms with Gasteiger partial charge in [0.05, 0.1) is 18.6 Å². The zero-order chi connectivity index (χ0) is 26.5. The summed E-state index contributed by atoms with van der Waals surface area (Å²) in [7, 11) is 1.53. The Hall–Kier alpha value is -1.63. The largest absolute Gasteiger partial charge is 0.469 e. The van der Waals surface area contributed by atoms with Gasteiger partial charge in [0.25, 0.3) is 0 Å². The molecular weight excluding hydrogens is 446 g/mol. The van der Waals surface area contributed by atoms with E-state index in [4.69, 9.17) is 4.74 Å². The van der Waals surface area contributed by atoms with E-state index in [-0.39, 0.29) is 33.4 Å². The molecule has 5 rings (SSSR count). The Kier molecular flexibility index (Phi) is 5.56. The van der Waals surface area contributed by atoms with Crippen molar-refractivity contribution in [2.75, 3.05) is 7.11 Å². The average molecular weight is 494 g/mol. The molecule has 0 N–H and O–H groups in total. The first-order valence-electron chi connectivity index (χ1n) is 14.4. The molecule has 9 atom stereocenters. The molecule has 5 aliphatic rings. The van der Waals surface area contributed by atoms with E-state index in [1.165, 1.54) is 20.0 Å². The summed E-state index contributed by atoms with van der Waals surface area (Å²) in [6.07, 6.45) is 11.8. The minimum atomic E-state index is -0.490. The average Bonchev–Trinajstić information content (AvgIpc) is 2.82. The van der Waals surface area contributed by atoms with E-state index in [2.05, 4.69) is 60.6 Å². The first kappa shape index (κ1) is 26.0. The number of carbonyl (C=O) groups excluding carboxylic acids is 2. The van der Waals surface area contributed by atoms with Gasteiger partial charge in [-0.2, -0.15) is 5.26 Å². The highest BCUT2D eigenvalue weighted by atomic mass is 16.5. The van der Waals surface area contributed by atoms with Crippen molar-refractivity contribution in [2.24, 2.45) is 56.2 Å². The third kappa shape index (κ3) is 3.04. The Morgan fingerprint density at radius 3 is 2.28 bits per heavy atom. The Labute approximate surface area is 218 Å². The maximum atomic E-state index is 13.3. The lowest BCUT2D eigenvalue weighted by Crippen LogP contribution is -2.65. The summed E-state index contributed by atoms with van der Waals surface area (Å²) in [5.41, 5.74) is 1.17. The van der Waals surface area contributed by atoms with Crippen LogP contribution in [0.2, 0.25) is 0 Å². The number of Topliss-reactive ketones (excluding diaryl/α,β-unsaturated/α-hetero) is 1. The predicted octanol–water partition coefficient (Wildman–Crippen LogP) is 7.28. The second-order valence-electron chi connectivity index (χ2n) is 15.2. The summed E-state index contributed by atoms with van der Waals surface area (Å²) in [5.74, 6) is 0.809. The summed E-state index contributed by atoms with van der Waals surface area (Å²) in [4.78, 5) is 26.1. The Morgan fingerprint density at radius 2 is 1.64 bits per heavy atom. The van der Waals surface area contributed by atoms with Gasteiger partial charge in [0.15, 0.2) is 5.78 Å². The third-order valence-electron chi connectivity index (χ3n) is 13.4. The van der Waals surface area contributed by atoms with Crippen LogP contribution in [0, 0.1) is 67.5 Å². The molecule has 198 valence electrons. The van der Waals surface area contributed by atoms with E-state index in [0.29, 0.717) is 24.2 Å². The lowest BCUT2D eigenvalue weighted by molar-refractivity contribution is -0.190. The monoisotopic (exact) mass is 493 g/mol. The smallest absolute Gasteiger partial charge is 0.311 e. The van der Waals surface area contributed by atoms with Gasteiger partial charge in [-0.3, -0.25) is 9.59 Å². The molecule has 0 aromatic heterocycles. The number of ketones is 1. The quantitative estimate of drug-likeness (QED) is 0.284. The molecule has 4 heteroatoms. The van der Waals surface area contributed by atoms with Gasteiger partial charge in [-0.15, -0.1) is 0 Å². The number of allylic oxidation sites excluding steroid dienone is 2. The van der Waals surface area contributed by atoms with Crippen LogP contribution in [0.15, 0.2) is 11.6 Å². The number of ether oxygens (including phenoxy) is 1. The lowest BCUT2D eigenvalue weighted by atomic mass is 9.33. The fourth-order valence-electron chi connectivity index (χ4n) is 10.9. The topological polar surface area (TPSA) is 67.2 Å². The minimum absolute atomic E-state index is 0.0241. The van der Waals surface area contributed by atoms with Crippen molar-refractivity contribution in [3.63, 3.8) is 0 Å². The van der Waals surface area contributed by atoms with Crippen molar-refractivity contribution in [2.45, 2.75) is 106 Å². The summed E-state index contributed by atoms with van der Waals surface area (Å²) in [6, 6.07) is 2.40. The van der Waals surface area contributed by atoms with Gasteiger partial charge in [0.2, 0.25) is 0 Å². The molecule has 0 aromatic carbocycles. The molecule has 0 aliphatic heterocycles. The minimum Gasteiger partial charge on any atom is -0.469 e. The summed E-state index contributed by atoms with van der Waals surface area (Å²) >= 11 is 0. The van der Waals surface area contributed by atoms with Crippen LogP contribution in [-0.4, -0.2) is 18.9 Å². The molecule has 0 bridgehead atoms. The molecule has 0 aromatic rings. The van der Waals surface area contributed by atoms with Crippen molar-refractivity contribution in [3.05, 3.63) is 11.6 Å². The zero-order valence-electron chi connectivity index (χ0n) is 23.9. The van der Waals surface area contributed by atoms with E-state index in [0.717, 1.165) is 38.5 Å². The van der Waals surface area contributed by atoms with Crippen molar-refractivity contribution in [1.29, 1.82) is 5.26 Å². The van der Waals surface area contributed by atoms with Gasteiger partial charge in [-0.05, 0) is 104 Å². The summed E-state index contributed by atoms with van der Waals surface area (Å²) in [5, 5.41) is 9.95. The normalized spacial score (nSPS) is 51.4. The Morgan fingerprint density at radius 1 is 0.972 bits per heavy atom. The lowest BCUT2D eigenvalue weighted by Gasteiger charge is -2.71. The molecule has 0 amide bonds. The van der Waals surface area contributed by atoms with E-state index < -0.39 is 16.7 Å². The number of hydrogen-bond acceptors (Lipinski definition) is 4. The van der Waals surface area contributed by atoms with Crippen LogP contribution in [0.25, 0.3) is 0 Å². The second kappa shape index (κ2) is 7.70. The van der Waals surface area contributed by atoms with Crippen LogP contribution in [-0.2, 0) is 14.3 Å². The summed E-state index contributed by atoms with van der Waals surface area (Å²) < 4.78 is 5.28. The van der Waals surface area contributed by atoms with Crippen molar-refractivity contribution >= 4 is 11.8 Å². The van der Waals surface area contributed by atoms with Crippen LogP contribution in [0.1, 0.15) is 106 Å². The van der Waals surface area contributed by atoms with Crippen molar-refractivity contribution in [1.82, 2.24) is 0 Å². The zero-order valence-corrected chi connectivity index (χ0v) is 23.9. The van der Waals surface area contributed by atoms with Crippen LogP contribution in [0.4, 0.5) is 0 Å². The molecular formula is C32H47NO3. The molecule has 5 aliphatic carbocycles. The molecule has 0 spiro atoms.